The molecule has 0 aromatic rings. The lowest BCUT2D eigenvalue weighted by molar-refractivity contribution is 0.440. The van der Waals surface area contributed by atoms with E-state index in [0.717, 1.165) is 6.42 Å². The normalized spacial score (nSPS) is 14.8. The zero-order valence-corrected chi connectivity index (χ0v) is 11.4. The van der Waals surface area contributed by atoms with E-state index in [1.165, 1.54) is 16.7 Å². The summed E-state index contributed by atoms with van der Waals surface area (Å²) in [5, 5.41) is 6.05. The third kappa shape index (κ3) is 7.04. The number of allylic oxidation sites excluding steroid dienone is 6. The topological polar surface area (TPSA) is 15.6 Å². The van der Waals surface area contributed by atoms with Gasteiger partial charge in [-0.25, -0.2) is 0 Å². The molecule has 0 N–H and O–H groups in total. The number of rotatable bonds is 5. The van der Waals surface area contributed by atoms with Crippen LogP contribution in [0.25, 0.3) is 0 Å². The predicted octanol–water partition coefficient (Wildman–Crippen LogP) is 3.78. The molecule has 0 saturated carbocycles. The predicted molar refractivity (Wildman–Crippen MR) is 73.7 cm³/mol. The first kappa shape index (κ1) is 14.7. The minimum absolute atomic E-state index is 0.997. The second-order valence-electron chi connectivity index (χ2n) is 4.09. The van der Waals surface area contributed by atoms with Crippen molar-refractivity contribution in [1.82, 2.24) is 5.01 Å². The van der Waals surface area contributed by atoms with E-state index in [1.54, 1.807) is 5.01 Å². The van der Waals surface area contributed by atoms with Crippen LogP contribution in [0.4, 0.5) is 0 Å². The average Bonchev–Trinajstić information content (AvgIpc) is 2.23. The van der Waals surface area contributed by atoms with Gasteiger partial charge in [-0.2, -0.15) is 5.10 Å². The Morgan fingerprint density at radius 3 is 2.19 bits per heavy atom. The van der Waals surface area contributed by atoms with Crippen LogP contribution in [0.3, 0.4) is 0 Å². The van der Waals surface area contributed by atoms with Gasteiger partial charge in [0.1, 0.15) is 0 Å². The zero-order valence-electron chi connectivity index (χ0n) is 11.4. The summed E-state index contributed by atoms with van der Waals surface area (Å²) in [5.74, 6) is 0. The van der Waals surface area contributed by atoms with Gasteiger partial charge in [-0.05, 0) is 32.8 Å². The van der Waals surface area contributed by atoms with Crippen molar-refractivity contribution in [3.05, 3.63) is 34.9 Å². The monoisotopic (exact) mass is 220 g/mol. The Morgan fingerprint density at radius 2 is 1.75 bits per heavy atom. The van der Waals surface area contributed by atoms with Gasteiger partial charge in [0, 0.05) is 14.1 Å². The van der Waals surface area contributed by atoms with E-state index < -0.39 is 0 Å². The Kier molecular flexibility index (Phi) is 7.27. The molecule has 0 aliphatic rings. The smallest absolute Gasteiger partial charge is 0.0502 e. The van der Waals surface area contributed by atoms with Crippen LogP contribution in [-0.2, 0) is 0 Å². The number of hydrazone groups is 1. The minimum atomic E-state index is 0.997. The Balaban J connectivity index is 4.76. The van der Waals surface area contributed by atoms with E-state index in [4.69, 9.17) is 0 Å². The average molecular weight is 220 g/mol. The Morgan fingerprint density at radius 1 is 1.12 bits per heavy atom. The summed E-state index contributed by atoms with van der Waals surface area (Å²) >= 11 is 0. The molecule has 0 rings (SSSR count). The maximum Gasteiger partial charge on any atom is 0.0502 e. The lowest BCUT2D eigenvalue weighted by atomic mass is 10.1. The summed E-state index contributed by atoms with van der Waals surface area (Å²) in [5.41, 5.74) is 3.79. The highest BCUT2D eigenvalue weighted by Gasteiger charge is 1.91. The van der Waals surface area contributed by atoms with Crippen LogP contribution in [0.2, 0.25) is 0 Å². The summed E-state index contributed by atoms with van der Waals surface area (Å²) in [6.07, 6.45) is 9.38. The molecule has 0 aliphatic carbocycles. The Labute approximate surface area is 100 Å². The van der Waals surface area contributed by atoms with Crippen LogP contribution in [-0.4, -0.2) is 25.3 Å². The van der Waals surface area contributed by atoms with Crippen LogP contribution in [0.1, 0.15) is 34.1 Å². The van der Waals surface area contributed by atoms with Crippen LogP contribution < -0.4 is 0 Å². The van der Waals surface area contributed by atoms with Gasteiger partial charge in [0.25, 0.3) is 0 Å². The second kappa shape index (κ2) is 7.91. The molecule has 0 amide bonds. The molecule has 2 nitrogen and oxygen atoms in total. The summed E-state index contributed by atoms with van der Waals surface area (Å²) in [4.78, 5) is 0. The van der Waals surface area contributed by atoms with Crippen LogP contribution in [0.5, 0.6) is 0 Å². The summed E-state index contributed by atoms with van der Waals surface area (Å²) in [7, 11) is 3.85. The van der Waals surface area contributed by atoms with Gasteiger partial charge in [0.2, 0.25) is 0 Å². The van der Waals surface area contributed by atoms with Crippen molar-refractivity contribution in [2.24, 2.45) is 5.10 Å². The largest absolute Gasteiger partial charge is 0.303 e. The van der Waals surface area contributed by atoms with Crippen LogP contribution >= 0.6 is 0 Å². The molecule has 2 heteroatoms. The molecule has 0 aromatic heterocycles. The first-order valence-electron chi connectivity index (χ1n) is 5.72. The molecule has 0 aromatic carbocycles. The van der Waals surface area contributed by atoms with Crippen LogP contribution in [0.15, 0.2) is 40.0 Å². The number of hydrogen-bond donors (Lipinski definition) is 0. The molecule has 90 valence electrons. The molecule has 0 radical (unpaired) electrons. The maximum absolute atomic E-state index is 4.25. The molecular weight excluding hydrogens is 196 g/mol. The minimum Gasteiger partial charge on any atom is -0.303 e. The van der Waals surface area contributed by atoms with E-state index in [2.05, 4.69) is 51.0 Å². The van der Waals surface area contributed by atoms with Gasteiger partial charge in [-0.1, -0.05) is 36.3 Å². The fourth-order valence-corrected chi connectivity index (χ4v) is 1.20. The van der Waals surface area contributed by atoms with Gasteiger partial charge in [0.15, 0.2) is 0 Å². The van der Waals surface area contributed by atoms with E-state index in [0.29, 0.717) is 0 Å². The van der Waals surface area contributed by atoms with Gasteiger partial charge in [-0.3, -0.25) is 0 Å². The maximum atomic E-state index is 4.25. The fourth-order valence-electron chi connectivity index (χ4n) is 1.20. The van der Waals surface area contributed by atoms with E-state index in [-0.39, 0.29) is 0 Å². The zero-order chi connectivity index (χ0) is 12.6. The summed E-state index contributed by atoms with van der Waals surface area (Å²) < 4.78 is 0. The second-order valence-corrected chi connectivity index (χ2v) is 4.09. The van der Waals surface area contributed by atoms with Crippen molar-refractivity contribution < 1.29 is 0 Å². The van der Waals surface area contributed by atoms with Gasteiger partial charge < -0.3 is 5.01 Å². The van der Waals surface area contributed by atoms with Gasteiger partial charge in [0.05, 0.1) is 6.21 Å². The van der Waals surface area contributed by atoms with Gasteiger partial charge in [-0.15, -0.1) is 0 Å². The standard InChI is InChI=1S/C14H24N2/c1-7-12(3)9-13(4)10-14(8-2)11-15-16(5)6/h7,9-11H,8H2,1-6H3/b12-7+,13-9+,14-10+,15-11+. The van der Waals surface area contributed by atoms with Crippen molar-refractivity contribution in [3.63, 3.8) is 0 Å². The quantitative estimate of drug-likeness (QED) is 0.391. The fraction of sp³-hybridized carbons (Fsp3) is 0.500. The molecule has 16 heavy (non-hydrogen) atoms. The Hall–Kier alpha value is -1.31. The molecule has 0 aliphatic heterocycles. The molecular formula is C14H24N2. The Bertz CT molecular complexity index is 318. The van der Waals surface area contributed by atoms with Crippen molar-refractivity contribution in [2.45, 2.75) is 34.1 Å². The third-order valence-corrected chi connectivity index (χ3v) is 2.19. The lowest BCUT2D eigenvalue weighted by Crippen LogP contribution is -2.02. The van der Waals surface area contributed by atoms with Crippen molar-refractivity contribution >= 4 is 6.21 Å². The van der Waals surface area contributed by atoms with Crippen LogP contribution in [0, 0.1) is 0 Å². The van der Waals surface area contributed by atoms with E-state index in [1.807, 2.05) is 20.3 Å². The number of hydrogen-bond acceptors (Lipinski definition) is 2. The van der Waals surface area contributed by atoms with Crippen molar-refractivity contribution in [1.29, 1.82) is 0 Å². The molecule has 0 saturated heterocycles. The molecule has 0 spiro atoms. The first-order chi connectivity index (χ1) is 7.49. The molecule has 0 atom stereocenters. The van der Waals surface area contributed by atoms with E-state index >= 15 is 0 Å². The summed E-state index contributed by atoms with van der Waals surface area (Å²) in [6, 6.07) is 0. The highest BCUT2D eigenvalue weighted by atomic mass is 15.4. The third-order valence-electron chi connectivity index (χ3n) is 2.19. The number of nitrogens with zero attached hydrogens (tertiary/aromatic N) is 2. The van der Waals surface area contributed by atoms with Gasteiger partial charge >= 0.3 is 0 Å². The summed E-state index contributed by atoms with van der Waals surface area (Å²) in [6.45, 7) is 8.42. The molecule has 0 unspecified atom stereocenters. The first-order valence-corrected chi connectivity index (χ1v) is 5.72. The highest BCUT2D eigenvalue weighted by Crippen LogP contribution is 2.07. The van der Waals surface area contributed by atoms with Crippen molar-refractivity contribution in [3.8, 4) is 0 Å². The van der Waals surface area contributed by atoms with Crippen molar-refractivity contribution in [2.75, 3.05) is 14.1 Å². The lowest BCUT2D eigenvalue weighted by Gasteiger charge is -2.04. The highest BCUT2D eigenvalue weighted by molar-refractivity contribution is 5.79. The molecule has 0 fully saturated rings. The molecule has 0 bridgehead atoms. The SMILES string of the molecule is C/C=C(C)/C=C(C)/C=C(/C=N/N(C)C)CC. The molecule has 0 heterocycles. The van der Waals surface area contributed by atoms with E-state index in [9.17, 15) is 0 Å².